The molecule has 0 saturated carbocycles. The molecule has 3 rings (SSSR count). The number of nitro groups is 1. The van der Waals surface area contributed by atoms with E-state index in [2.05, 4.69) is 20.9 Å². The molecule has 0 atom stereocenters. The van der Waals surface area contributed by atoms with Crippen LogP contribution in [0.3, 0.4) is 0 Å². The number of carboxylic acids is 1. The van der Waals surface area contributed by atoms with Crippen LogP contribution in [0, 0.1) is 10.1 Å². The second kappa shape index (κ2) is 8.62. The largest absolute Gasteiger partial charge is 0.478 e. The fourth-order valence-electron chi connectivity index (χ4n) is 2.66. The quantitative estimate of drug-likeness (QED) is 0.340. The molecule has 0 radical (unpaired) electrons. The predicted molar refractivity (Wildman–Crippen MR) is 110 cm³/mol. The first-order chi connectivity index (χ1) is 14.3. The summed E-state index contributed by atoms with van der Waals surface area (Å²) in [5.74, 6) is -3.23. The van der Waals surface area contributed by atoms with Crippen molar-refractivity contribution in [3.8, 4) is 0 Å². The molecule has 0 bridgehead atoms. The first-order valence-electron chi connectivity index (χ1n) is 8.36. The van der Waals surface area contributed by atoms with Crippen molar-refractivity contribution in [3.05, 3.63) is 98.1 Å². The van der Waals surface area contributed by atoms with Crippen molar-refractivity contribution in [3.63, 3.8) is 0 Å². The Kier molecular flexibility index (Phi) is 5.98. The van der Waals surface area contributed by atoms with E-state index in [0.29, 0.717) is 9.37 Å². The lowest BCUT2D eigenvalue weighted by Crippen LogP contribution is -2.38. The normalized spacial score (nSPS) is 10.3. The lowest BCUT2D eigenvalue weighted by molar-refractivity contribution is -0.384. The van der Waals surface area contributed by atoms with Crippen molar-refractivity contribution >= 4 is 45.2 Å². The molecule has 10 heteroatoms. The van der Waals surface area contributed by atoms with Gasteiger partial charge in [0, 0.05) is 28.4 Å². The van der Waals surface area contributed by atoms with Gasteiger partial charge in [-0.2, -0.15) is 0 Å². The summed E-state index contributed by atoms with van der Waals surface area (Å²) in [7, 11) is 0. The second-order valence-electron chi connectivity index (χ2n) is 5.94. The number of anilines is 1. The maximum Gasteiger partial charge on any atom is 0.336 e. The highest BCUT2D eigenvalue weighted by molar-refractivity contribution is 9.10. The molecule has 0 aliphatic carbocycles. The van der Waals surface area contributed by atoms with Gasteiger partial charge in [0.2, 0.25) is 0 Å². The van der Waals surface area contributed by atoms with Crippen LogP contribution >= 0.6 is 15.9 Å². The van der Waals surface area contributed by atoms with E-state index in [-0.39, 0.29) is 28.2 Å². The molecule has 0 aliphatic heterocycles. The van der Waals surface area contributed by atoms with Crippen LogP contribution in [0.1, 0.15) is 31.1 Å². The summed E-state index contributed by atoms with van der Waals surface area (Å²) in [5, 5.41) is 20.5. The second-order valence-corrected chi connectivity index (χ2v) is 6.85. The molecule has 2 amide bonds. The molecule has 2 aromatic carbocycles. The molecule has 150 valence electrons. The van der Waals surface area contributed by atoms with Gasteiger partial charge in [-0.15, -0.1) is 0 Å². The SMILES string of the molecule is O=C(O)c1ccccc1C(=O)N(C(=O)c1cccc([N+](=O)[O-])c1)c1ccc(Br)cn1. The number of nitrogens with zero attached hydrogens (tertiary/aromatic N) is 3. The van der Waals surface area contributed by atoms with Crippen LogP contribution in [0.2, 0.25) is 0 Å². The van der Waals surface area contributed by atoms with Gasteiger partial charge in [0.05, 0.1) is 16.1 Å². The third-order valence-corrected chi connectivity index (χ3v) is 4.51. The van der Waals surface area contributed by atoms with Gasteiger partial charge in [-0.05, 0) is 46.3 Å². The van der Waals surface area contributed by atoms with Crippen molar-refractivity contribution in [1.82, 2.24) is 4.98 Å². The van der Waals surface area contributed by atoms with Crippen molar-refractivity contribution in [2.45, 2.75) is 0 Å². The number of nitro benzene ring substituents is 1. The number of rotatable bonds is 5. The Balaban J connectivity index is 2.15. The number of hydrogen-bond donors (Lipinski definition) is 1. The van der Waals surface area contributed by atoms with E-state index in [1.54, 1.807) is 6.07 Å². The number of pyridine rings is 1. The van der Waals surface area contributed by atoms with Crippen LogP contribution in [0.4, 0.5) is 11.5 Å². The minimum absolute atomic E-state index is 0.0695. The van der Waals surface area contributed by atoms with E-state index in [1.165, 1.54) is 54.7 Å². The topological polar surface area (TPSA) is 131 Å². The number of aromatic carboxylic acids is 1. The van der Waals surface area contributed by atoms with Crippen LogP contribution in [0.5, 0.6) is 0 Å². The summed E-state index contributed by atoms with van der Waals surface area (Å²) in [6.07, 6.45) is 1.36. The van der Waals surface area contributed by atoms with E-state index in [9.17, 15) is 29.6 Å². The van der Waals surface area contributed by atoms with Gasteiger partial charge < -0.3 is 5.11 Å². The highest BCUT2D eigenvalue weighted by Gasteiger charge is 2.30. The predicted octanol–water partition coefficient (Wildman–Crippen LogP) is 3.94. The zero-order valence-corrected chi connectivity index (χ0v) is 16.6. The highest BCUT2D eigenvalue weighted by atomic mass is 79.9. The van der Waals surface area contributed by atoms with Gasteiger partial charge in [-0.25, -0.2) is 14.7 Å². The Morgan fingerprint density at radius 2 is 1.67 bits per heavy atom. The summed E-state index contributed by atoms with van der Waals surface area (Å²) >= 11 is 3.21. The van der Waals surface area contributed by atoms with Gasteiger partial charge in [-0.3, -0.25) is 19.7 Å². The molecule has 3 aromatic rings. The number of amides is 2. The summed E-state index contributed by atoms with van der Waals surface area (Å²) in [5.41, 5.74) is -0.983. The van der Waals surface area contributed by atoms with Crippen molar-refractivity contribution in [1.29, 1.82) is 0 Å². The molecule has 1 aromatic heterocycles. The molecule has 30 heavy (non-hydrogen) atoms. The number of benzene rings is 2. The Morgan fingerprint density at radius 1 is 0.967 bits per heavy atom. The zero-order chi connectivity index (χ0) is 21.8. The molecular formula is C20H12BrN3O6. The Bertz CT molecular complexity index is 1160. The number of hydrogen-bond acceptors (Lipinski definition) is 6. The monoisotopic (exact) mass is 469 g/mol. The highest BCUT2D eigenvalue weighted by Crippen LogP contribution is 2.23. The maximum atomic E-state index is 13.2. The van der Waals surface area contributed by atoms with E-state index >= 15 is 0 Å². The van der Waals surface area contributed by atoms with E-state index < -0.39 is 22.7 Å². The molecule has 9 nitrogen and oxygen atoms in total. The Hall–Kier alpha value is -3.92. The van der Waals surface area contributed by atoms with Crippen molar-refractivity contribution in [2.75, 3.05) is 4.90 Å². The number of carbonyl (C=O) groups is 3. The summed E-state index contributed by atoms with van der Waals surface area (Å²) < 4.78 is 0.590. The van der Waals surface area contributed by atoms with Crippen LogP contribution < -0.4 is 4.90 Å². The number of carboxylic acid groups (broad SMARTS) is 1. The van der Waals surface area contributed by atoms with E-state index in [1.807, 2.05) is 0 Å². The third-order valence-electron chi connectivity index (χ3n) is 4.04. The Labute approximate surface area is 177 Å². The number of non-ortho nitro benzene ring substituents is 1. The smallest absolute Gasteiger partial charge is 0.336 e. The van der Waals surface area contributed by atoms with Crippen LogP contribution in [0.15, 0.2) is 71.3 Å². The molecule has 1 N–H and O–H groups in total. The minimum Gasteiger partial charge on any atom is -0.478 e. The van der Waals surface area contributed by atoms with Crippen LogP contribution in [-0.2, 0) is 0 Å². The molecular weight excluding hydrogens is 458 g/mol. The number of carbonyl (C=O) groups excluding carboxylic acids is 2. The number of aromatic nitrogens is 1. The molecule has 0 spiro atoms. The van der Waals surface area contributed by atoms with Crippen molar-refractivity contribution in [2.24, 2.45) is 0 Å². The number of halogens is 1. The van der Waals surface area contributed by atoms with Gasteiger partial charge in [0.15, 0.2) is 0 Å². The van der Waals surface area contributed by atoms with Gasteiger partial charge >= 0.3 is 5.97 Å². The lowest BCUT2D eigenvalue weighted by Gasteiger charge is -2.21. The summed E-state index contributed by atoms with van der Waals surface area (Å²) in [6, 6.07) is 13.2. The van der Waals surface area contributed by atoms with Gasteiger partial charge in [0.25, 0.3) is 17.5 Å². The standard InChI is InChI=1S/C20H12BrN3O6/c21-13-8-9-17(22-11-13)23(18(25)12-4-3-5-14(10-12)24(29)30)19(26)15-6-1-2-7-16(15)20(27)28/h1-11H,(H,27,28). The molecule has 0 fully saturated rings. The summed E-state index contributed by atoms with van der Waals surface area (Å²) in [4.78, 5) is 53.1. The van der Waals surface area contributed by atoms with Crippen LogP contribution in [-0.4, -0.2) is 32.8 Å². The average molecular weight is 470 g/mol. The molecule has 0 saturated heterocycles. The van der Waals surface area contributed by atoms with Gasteiger partial charge in [0.1, 0.15) is 5.82 Å². The van der Waals surface area contributed by atoms with E-state index in [0.717, 1.165) is 6.07 Å². The van der Waals surface area contributed by atoms with Gasteiger partial charge in [-0.1, -0.05) is 18.2 Å². The molecule has 0 unspecified atom stereocenters. The van der Waals surface area contributed by atoms with Crippen LogP contribution in [0.25, 0.3) is 0 Å². The summed E-state index contributed by atoms with van der Waals surface area (Å²) in [6.45, 7) is 0. The zero-order valence-electron chi connectivity index (χ0n) is 15.1. The fourth-order valence-corrected chi connectivity index (χ4v) is 2.89. The van der Waals surface area contributed by atoms with E-state index in [4.69, 9.17) is 0 Å². The first-order valence-corrected chi connectivity index (χ1v) is 9.16. The minimum atomic E-state index is -1.34. The lowest BCUT2D eigenvalue weighted by atomic mass is 10.1. The molecule has 0 aliphatic rings. The fraction of sp³-hybridized carbons (Fsp3) is 0. The third kappa shape index (κ3) is 4.23. The number of imide groups is 1. The maximum absolute atomic E-state index is 13.2. The van der Waals surface area contributed by atoms with Crippen molar-refractivity contribution < 1.29 is 24.4 Å². The average Bonchev–Trinajstić information content (AvgIpc) is 2.75. The Morgan fingerprint density at radius 3 is 2.27 bits per heavy atom. The first kappa shape index (κ1) is 20.8. The molecule has 1 heterocycles.